The largest absolute Gasteiger partial charge is 0.441 e. The first-order valence-corrected chi connectivity index (χ1v) is 8.13. The predicted molar refractivity (Wildman–Crippen MR) is 86.3 cm³/mol. The fourth-order valence-electron chi connectivity index (χ4n) is 2.79. The van der Waals surface area contributed by atoms with Gasteiger partial charge in [0, 0.05) is 24.7 Å². The van der Waals surface area contributed by atoms with E-state index in [4.69, 9.17) is 9.26 Å². The lowest BCUT2D eigenvalue weighted by Gasteiger charge is -2.30. The number of carbonyl (C=O) groups is 2. The van der Waals surface area contributed by atoms with E-state index in [1.54, 1.807) is 24.0 Å². The molecule has 1 aliphatic heterocycles. The number of benzene rings is 1. The van der Waals surface area contributed by atoms with Crippen LogP contribution in [0, 0.1) is 6.92 Å². The van der Waals surface area contributed by atoms with Gasteiger partial charge in [0.05, 0.1) is 5.69 Å². The number of piperidine rings is 1. The predicted octanol–water partition coefficient (Wildman–Crippen LogP) is 2.89. The molecular formula is C18H20N2O4. The van der Waals surface area contributed by atoms with Gasteiger partial charge in [-0.25, -0.2) is 4.79 Å². The van der Waals surface area contributed by atoms with E-state index < -0.39 is 12.1 Å². The molecule has 1 saturated heterocycles. The van der Waals surface area contributed by atoms with E-state index in [2.05, 4.69) is 5.16 Å². The van der Waals surface area contributed by atoms with Crippen molar-refractivity contribution >= 4 is 11.9 Å². The van der Waals surface area contributed by atoms with Crippen molar-refractivity contribution in [2.24, 2.45) is 0 Å². The van der Waals surface area contributed by atoms with Crippen LogP contribution in [0.1, 0.15) is 47.2 Å². The Balaban J connectivity index is 1.82. The van der Waals surface area contributed by atoms with Gasteiger partial charge in [0.25, 0.3) is 5.91 Å². The average molecular weight is 328 g/mol. The van der Waals surface area contributed by atoms with Crippen molar-refractivity contribution in [3.05, 3.63) is 53.4 Å². The van der Waals surface area contributed by atoms with Crippen LogP contribution < -0.4 is 0 Å². The third-order valence-electron chi connectivity index (χ3n) is 4.05. The molecule has 1 fully saturated rings. The van der Waals surface area contributed by atoms with E-state index in [0.717, 1.165) is 19.3 Å². The molecule has 0 spiro atoms. The van der Waals surface area contributed by atoms with E-state index in [-0.39, 0.29) is 11.7 Å². The maximum absolute atomic E-state index is 12.9. The van der Waals surface area contributed by atoms with Crippen molar-refractivity contribution in [2.75, 3.05) is 13.1 Å². The van der Waals surface area contributed by atoms with Gasteiger partial charge in [-0.2, -0.15) is 0 Å². The lowest BCUT2D eigenvalue weighted by molar-refractivity contribution is -0.142. The quantitative estimate of drug-likeness (QED) is 0.807. The first-order valence-electron chi connectivity index (χ1n) is 8.13. The molecular weight excluding hydrogens is 308 g/mol. The summed E-state index contributed by atoms with van der Waals surface area (Å²) < 4.78 is 10.4. The molecule has 1 amide bonds. The van der Waals surface area contributed by atoms with Gasteiger partial charge >= 0.3 is 5.97 Å². The Morgan fingerprint density at radius 3 is 2.50 bits per heavy atom. The molecule has 0 bridgehead atoms. The summed E-state index contributed by atoms with van der Waals surface area (Å²) >= 11 is 0. The van der Waals surface area contributed by atoms with Gasteiger partial charge in [-0.05, 0) is 26.2 Å². The normalized spacial score (nSPS) is 15.8. The number of rotatable bonds is 4. The molecule has 2 aromatic rings. The van der Waals surface area contributed by atoms with E-state index in [1.807, 2.05) is 18.2 Å². The van der Waals surface area contributed by atoms with Gasteiger partial charge in [-0.15, -0.1) is 0 Å². The minimum absolute atomic E-state index is 0.000115. The Morgan fingerprint density at radius 1 is 1.17 bits per heavy atom. The van der Waals surface area contributed by atoms with Crippen LogP contribution in [0.3, 0.4) is 0 Å². The van der Waals surface area contributed by atoms with Crippen LogP contribution in [0.15, 0.2) is 40.9 Å². The van der Waals surface area contributed by atoms with E-state index in [1.165, 1.54) is 6.07 Å². The molecule has 0 radical (unpaired) electrons. The van der Waals surface area contributed by atoms with E-state index >= 15 is 0 Å². The van der Waals surface area contributed by atoms with Crippen molar-refractivity contribution in [3.8, 4) is 0 Å². The number of carbonyl (C=O) groups excluding carboxylic acids is 2. The summed E-state index contributed by atoms with van der Waals surface area (Å²) in [7, 11) is 0. The number of aryl methyl sites for hydroxylation is 1. The highest BCUT2D eigenvalue weighted by Crippen LogP contribution is 2.24. The molecule has 1 atom stereocenters. The Morgan fingerprint density at radius 2 is 1.88 bits per heavy atom. The zero-order chi connectivity index (χ0) is 16.9. The fraction of sp³-hybridized carbons (Fsp3) is 0.389. The number of ether oxygens (including phenoxy) is 1. The van der Waals surface area contributed by atoms with Crippen molar-refractivity contribution in [1.82, 2.24) is 10.1 Å². The highest BCUT2D eigenvalue weighted by Gasteiger charge is 2.31. The van der Waals surface area contributed by atoms with Crippen LogP contribution in [-0.4, -0.2) is 35.0 Å². The molecule has 2 heterocycles. The molecule has 6 heteroatoms. The van der Waals surface area contributed by atoms with E-state index in [0.29, 0.717) is 24.3 Å². The number of nitrogens with zero attached hydrogens (tertiary/aromatic N) is 2. The highest BCUT2D eigenvalue weighted by atomic mass is 16.6. The molecule has 24 heavy (non-hydrogen) atoms. The van der Waals surface area contributed by atoms with Crippen LogP contribution in [0.25, 0.3) is 0 Å². The summed E-state index contributed by atoms with van der Waals surface area (Å²) in [6.45, 7) is 3.11. The summed E-state index contributed by atoms with van der Waals surface area (Å²) in [5.74, 6) is -0.875. The van der Waals surface area contributed by atoms with Gasteiger partial charge in [-0.3, -0.25) is 4.79 Å². The van der Waals surface area contributed by atoms with Crippen molar-refractivity contribution in [3.63, 3.8) is 0 Å². The van der Waals surface area contributed by atoms with E-state index in [9.17, 15) is 9.59 Å². The standard InChI is InChI=1S/C18H20N2O4/c1-13-12-15(24-19-13)18(22)23-16(14-8-4-2-5-9-14)17(21)20-10-6-3-7-11-20/h2,4-5,8-9,12,16H,3,6-7,10-11H2,1H3/t16-/m1/s1. The molecule has 1 aromatic heterocycles. The second-order valence-corrected chi connectivity index (χ2v) is 5.91. The maximum atomic E-state index is 12.9. The SMILES string of the molecule is Cc1cc(C(=O)O[C@@H](C(=O)N2CCCCC2)c2ccccc2)on1. The molecule has 0 N–H and O–H groups in total. The Bertz CT molecular complexity index is 705. The molecule has 0 aliphatic carbocycles. The minimum Gasteiger partial charge on any atom is -0.441 e. The van der Waals surface area contributed by atoms with Crippen LogP contribution >= 0.6 is 0 Å². The van der Waals surface area contributed by atoms with Gasteiger partial charge < -0.3 is 14.2 Å². The van der Waals surface area contributed by atoms with Crippen molar-refractivity contribution < 1.29 is 18.8 Å². The summed E-state index contributed by atoms with van der Waals surface area (Å²) in [5, 5.41) is 3.68. The number of aromatic nitrogens is 1. The lowest BCUT2D eigenvalue weighted by Crippen LogP contribution is -2.40. The monoisotopic (exact) mass is 328 g/mol. The summed E-state index contributed by atoms with van der Waals surface area (Å²) in [4.78, 5) is 26.9. The number of esters is 1. The van der Waals surface area contributed by atoms with Gasteiger partial charge in [0.2, 0.25) is 11.9 Å². The first-order chi connectivity index (χ1) is 11.6. The molecule has 6 nitrogen and oxygen atoms in total. The Labute approximate surface area is 140 Å². The zero-order valence-corrected chi connectivity index (χ0v) is 13.6. The average Bonchev–Trinajstić information content (AvgIpc) is 3.07. The van der Waals surface area contributed by atoms with Crippen molar-refractivity contribution in [2.45, 2.75) is 32.3 Å². The smallest absolute Gasteiger partial charge is 0.378 e. The first kappa shape index (κ1) is 16.2. The molecule has 1 aliphatic rings. The highest BCUT2D eigenvalue weighted by molar-refractivity contribution is 5.90. The molecule has 3 rings (SSSR count). The lowest BCUT2D eigenvalue weighted by atomic mass is 10.1. The second-order valence-electron chi connectivity index (χ2n) is 5.91. The van der Waals surface area contributed by atoms with Crippen molar-refractivity contribution in [1.29, 1.82) is 0 Å². The van der Waals surface area contributed by atoms with Crippen LogP contribution in [0.4, 0.5) is 0 Å². The maximum Gasteiger partial charge on any atom is 0.378 e. The summed E-state index contributed by atoms with van der Waals surface area (Å²) in [6, 6.07) is 10.6. The Hall–Kier alpha value is -2.63. The number of hydrogen-bond donors (Lipinski definition) is 0. The Kier molecular flexibility index (Phi) is 4.93. The number of hydrogen-bond acceptors (Lipinski definition) is 5. The summed E-state index contributed by atoms with van der Waals surface area (Å²) in [6.07, 6.45) is 2.10. The van der Waals surface area contributed by atoms with Crippen LogP contribution in [0.5, 0.6) is 0 Å². The molecule has 126 valence electrons. The van der Waals surface area contributed by atoms with Gasteiger partial charge in [0.15, 0.2) is 0 Å². The third-order valence-corrected chi connectivity index (χ3v) is 4.05. The number of amides is 1. The van der Waals surface area contributed by atoms with Crippen LogP contribution in [-0.2, 0) is 9.53 Å². The second kappa shape index (κ2) is 7.29. The van der Waals surface area contributed by atoms with Crippen LogP contribution in [0.2, 0.25) is 0 Å². The fourth-order valence-corrected chi connectivity index (χ4v) is 2.79. The molecule has 0 unspecified atom stereocenters. The third kappa shape index (κ3) is 3.64. The zero-order valence-electron chi connectivity index (χ0n) is 13.6. The molecule has 1 aromatic carbocycles. The topological polar surface area (TPSA) is 72.6 Å². The number of likely N-dealkylation sites (tertiary alicyclic amines) is 1. The van der Waals surface area contributed by atoms with Gasteiger partial charge in [0.1, 0.15) is 0 Å². The van der Waals surface area contributed by atoms with Gasteiger partial charge in [-0.1, -0.05) is 35.5 Å². The minimum atomic E-state index is -0.970. The molecule has 0 saturated carbocycles. The summed E-state index contributed by atoms with van der Waals surface area (Å²) in [5.41, 5.74) is 1.23.